The number of carbonyl (C=O) groups is 1. The van der Waals surface area contributed by atoms with E-state index >= 15 is 0 Å². The van der Waals surface area contributed by atoms with Crippen molar-refractivity contribution in [2.75, 3.05) is 19.6 Å². The number of benzene rings is 1. The molecule has 0 saturated carbocycles. The summed E-state index contributed by atoms with van der Waals surface area (Å²) in [4.78, 5) is 22.7. The van der Waals surface area contributed by atoms with Gasteiger partial charge in [-0.2, -0.15) is 9.40 Å². The Morgan fingerprint density at radius 2 is 1.90 bits per heavy atom. The van der Waals surface area contributed by atoms with E-state index in [-0.39, 0.29) is 19.0 Å². The molecule has 1 atom stereocenters. The van der Waals surface area contributed by atoms with Crippen LogP contribution in [0.3, 0.4) is 0 Å². The molecule has 0 spiro atoms. The zero-order valence-electron chi connectivity index (χ0n) is 16.8. The van der Waals surface area contributed by atoms with Gasteiger partial charge in [0.2, 0.25) is 10.0 Å². The molecule has 11 heteroatoms. The van der Waals surface area contributed by atoms with Gasteiger partial charge in [-0.15, -0.1) is 0 Å². The SMILES string of the molecule is Cc1nc(C2CN(S(=O)(=O)c3ccccc3F)CCCN2C(=O)c2ccncc2)n[nH]1. The second-order valence-corrected chi connectivity index (χ2v) is 9.08. The van der Waals surface area contributed by atoms with Crippen LogP contribution in [0.2, 0.25) is 0 Å². The lowest BCUT2D eigenvalue weighted by atomic mass is 10.1. The number of nitrogens with zero attached hydrogens (tertiary/aromatic N) is 5. The molecule has 1 aliphatic rings. The van der Waals surface area contributed by atoms with Crippen LogP contribution in [0.5, 0.6) is 0 Å². The first kappa shape index (κ1) is 21.1. The second kappa shape index (κ2) is 8.52. The predicted octanol–water partition coefficient (Wildman–Crippen LogP) is 1.93. The maximum atomic E-state index is 14.3. The zero-order valence-corrected chi connectivity index (χ0v) is 17.6. The topological polar surface area (TPSA) is 112 Å². The summed E-state index contributed by atoms with van der Waals surface area (Å²) in [6.07, 6.45) is 3.42. The smallest absolute Gasteiger partial charge is 0.254 e. The molecule has 1 amide bonds. The number of nitrogens with one attached hydrogen (secondary N) is 1. The van der Waals surface area contributed by atoms with E-state index in [0.717, 1.165) is 6.07 Å². The van der Waals surface area contributed by atoms with Crippen LogP contribution in [0.25, 0.3) is 0 Å². The van der Waals surface area contributed by atoms with E-state index < -0.39 is 26.8 Å². The lowest BCUT2D eigenvalue weighted by molar-refractivity contribution is 0.0676. The molecule has 0 bridgehead atoms. The fourth-order valence-corrected chi connectivity index (χ4v) is 5.15. The monoisotopic (exact) mass is 444 g/mol. The van der Waals surface area contributed by atoms with Gasteiger partial charge in [0.1, 0.15) is 22.6 Å². The Balaban J connectivity index is 1.72. The first-order valence-corrected chi connectivity index (χ1v) is 11.2. The molecule has 3 aromatic rings. The van der Waals surface area contributed by atoms with Gasteiger partial charge in [-0.25, -0.2) is 17.8 Å². The minimum Gasteiger partial charge on any atom is -0.327 e. The molecular formula is C20H21FN6O3S. The summed E-state index contributed by atoms with van der Waals surface area (Å²) >= 11 is 0. The normalized spacial score (nSPS) is 18.0. The van der Waals surface area contributed by atoms with Crippen molar-refractivity contribution in [2.45, 2.75) is 24.3 Å². The van der Waals surface area contributed by atoms with Crippen LogP contribution in [0, 0.1) is 12.7 Å². The van der Waals surface area contributed by atoms with E-state index in [1.165, 1.54) is 34.9 Å². The number of hydrogen-bond acceptors (Lipinski definition) is 6. The summed E-state index contributed by atoms with van der Waals surface area (Å²) in [7, 11) is -4.12. The summed E-state index contributed by atoms with van der Waals surface area (Å²) in [5.74, 6) is -0.253. The van der Waals surface area contributed by atoms with E-state index in [9.17, 15) is 17.6 Å². The molecule has 31 heavy (non-hydrogen) atoms. The summed E-state index contributed by atoms with van der Waals surface area (Å²) in [5, 5.41) is 6.92. The third kappa shape index (κ3) is 4.19. The average Bonchev–Trinajstić information content (AvgIpc) is 3.07. The number of aromatic nitrogens is 4. The van der Waals surface area contributed by atoms with E-state index in [4.69, 9.17) is 0 Å². The van der Waals surface area contributed by atoms with Crippen LogP contribution < -0.4 is 0 Å². The molecule has 1 unspecified atom stereocenters. The Labute approximate surface area is 179 Å². The van der Waals surface area contributed by atoms with Crippen LogP contribution in [0.15, 0.2) is 53.7 Å². The number of aromatic amines is 1. The van der Waals surface area contributed by atoms with E-state index in [1.807, 2.05) is 0 Å². The number of carbonyl (C=O) groups excluding carboxylic acids is 1. The van der Waals surface area contributed by atoms with Crippen molar-refractivity contribution in [3.05, 3.63) is 71.8 Å². The molecule has 0 radical (unpaired) electrons. The van der Waals surface area contributed by atoms with Gasteiger partial charge in [0, 0.05) is 37.6 Å². The van der Waals surface area contributed by atoms with Gasteiger partial charge in [-0.05, 0) is 37.6 Å². The number of sulfonamides is 1. The van der Waals surface area contributed by atoms with Crippen molar-refractivity contribution in [1.82, 2.24) is 29.4 Å². The minimum atomic E-state index is -4.12. The zero-order chi connectivity index (χ0) is 22.0. The van der Waals surface area contributed by atoms with Gasteiger partial charge >= 0.3 is 0 Å². The van der Waals surface area contributed by atoms with Gasteiger partial charge in [0.15, 0.2) is 5.82 Å². The lowest BCUT2D eigenvalue weighted by Crippen LogP contribution is -2.41. The highest BCUT2D eigenvalue weighted by Crippen LogP contribution is 2.29. The summed E-state index contributed by atoms with van der Waals surface area (Å²) < 4.78 is 41.9. The van der Waals surface area contributed by atoms with Crippen LogP contribution >= 0.6 is 0 Å². The van der Waals surface area contributed by atoms with Crippen molar-refractivity contribution in [3.63, 3.8) is 0 Å². The lowest BCUT2D eigenvalue weighted by Gasteiger charge is -2.29. The fourth-order valence-electron chi connectivity index (χ4n) is 3.60. The highest BCUT2D eigenvalue weighted by molar-refractivity contribution is 7.89. The molecule has 1 fully saturated rings. The van der Waals surface area contributed by atoms with Crippen molar-refractivity contribution >= 4 is 15.9 Å². The number of aryl methyl sites for hydroxylation is 1. The largest absolute Gasteiger partial charge is 0.327 e. The van der Waals surface area contributed by atoms with Crippen molar-refractivity contribution in [1.29, 1.82) is 0 Å². The Kier molecular flexibility index (Phi) is 5.79. The first-order valence-electron chi connectivity index (χ1n) is 9.72. The summed E-state index contributed by atoms with van der Waals surface area (Å²) in [6, 6.07) is 7.72. The van der Waals surface area contributed by atoms with Crippen molar-refractivity contribution in [3.8, 4) is 0 Å². The molecule has 1 N–H and O–H groups in total. The highest BCUT2D eigenvalue weighted by Gasteiger charge is 2.38. The Hall–Kier alpha value is -3.18. The highest BCUT2D eigenvalue weighted by atomic mass is 32.2. The van der Waals surface area contributed by atoms with Gasteiger partial charge in [-0.1, -0.05) is 12.1 Å². The Morgan fingerprint density at radius 1 is 1.16 bits per heavy atom. The molecular weight excluding hydrogens is 423 g/mol. The second-order valence-electron chi connectivity index (χ2n) is 7.18. The molecule has 4 rings (SSSR count). The third-order valence-electron chi connectivity index (χ3n) is 5.11. The number of hydrogen-bond donors (Lipinski definition) is 1. The predicted molar refractivity (Wildman–Crippen MR) is 109 cm³/mol. The summed E-state index contributed by atoms with van der Waals surface area (Å²) in [5.41, 5.74) is 0.428. The molecule has 162 valence electrons. The minimum absolute atomic E-state index is 0.0925. The molecule has 2 aromatic heterocycles. The average molecular weight is 444 g/mol. The fraction of sp³-hybridized carbons (Fsp3) is 0.300. The molecule has 0 aliphatic carbocycles. The first-order chi connectivity index (χ1) is 14.9. The summed E-state index contributed by atoms with van der Waals surface area (Å²) in [6.45, 7) is 2.06. The van der Waals surface area contributed by atoms with Crippen LogP contribution in [-0.4, -0.2) is 63.3 Å². The molecule has 9 nitrogen and oxygen atoms in total. The van der Waals surface area contributed by atoms with E-state index in [0.29, 0.717) is 30.2 Å². The maximum Gasteiger partial charge on any atom is 0.254 e. The van der Waals surface area contributed by atoms with Crippen LogP contribution in [0.4, 0.5) is 4.39 Å². The van der Waals surface area contributed by atoms with Gasteiger partial charge in [0.05, 0.1) is 0 Å². The van der Waals surface area contributed by atoms with E-state index in [2.05, 4.69) is 20.2 Å². The third-order valence-corrected chi connectivity index (χ3v) is 7.01. The number of halogens is 1. The molecule has 1 aromatic carbocycles. The van der Waals surface area contributed by atoms with Crippen molar-refractivity contribution in [2.24, 2.45) is 0 Å². The molecule has 1 aliphatic heterocycles. The molecule has 1 saturated heterocycles. The van der Waals surface area contributed by atoms with Gasteiger partial charge in [0.25, 0.3) is 5.91 Å². The number of H-pyrrole nitrogens is 1. The quantitative estimate of drug-likeness (QED) is 0.658. The Bertz CT molecular complexity index is 1180. The van der Waals surface area contributed by atoms with Crippen LogP contribution in [0.1, 0.15) is 34.5 Å². The van der Waals surface area contributed by atoms with Gasteiger partial charge in [-0.3, -0.25) is 14.9 Å². The number of rotatable bonds is 4. The van der Waals surface area contributed by atoms with Crippen LogP contribution in [-0.2, 0) is 10.0 Å². The number of amides is 1. The van der Waals surface area contributed by atoms with Crippen molar-refractivity contribution < 1.29 is 17.6 Å². The van der Waals surface area contributed by atoms with Gasteiger partial charge < -0.3 is 4.90 Å². The van der Waals surface area contributed by atoms with E-state index in [1.54, 1.807) is 24.0 Å². The maximum absolute atomic E-state index is 14.3. The Morgan fingerprint density at radius 3 is 2.58 bits per heavy atom. The standard InChI is InChI=1S/C20H21FN6O3S/c1-14-23-19(25-24-14)17-13-26(31(29,30)18-6-3-2-5-16(18)21)11-4-12-27(17)20(28)15-7-9-22-10-8-15/h2-3,5-10,17H,4,11-13H2,1H3,(H,23,24,25). The molecule has 3 heterocycles. The number of pyridine rings is 1.